The van der Waals surface area contributed by atoms with Gasteiger partial charge in [0.05, 0.1) is 17.1 Å². The lowest BCUT2D eigenvalue weighted by atomic mass is 9.94. The Kier molecular flexibility index (Phi) is 3.50. The summed E-state index contributed by atoms with van der Waals surface area (Å²) in [7, 11) is 5.92. The van der Waals surface area contributed by atoms with Crippen LogP contribution in [0.5, 0.6) is 0 Å². The Hall–Kier alpha value is -1.62. The summed E-state index contributed by atoms with van der Waals surface area (Å²) < 4.78 is 0. The van der Waals surface area contributed by atoms with E-state index in [2.05, 4.69) is 15.3 Å². The Morgan fingerprint density at radius 2 is 1.95 bits per heavy atom. The number of nitrogens with zero attached hydrogens (tertiary/aromatic N) is 2. The molecule has 1 aromatic carbocycles. The maximum absolute atomic E-state index is 9.86. The summed E-state index contributed by atoms with van der Waals surface area (Å²) in [6.45, 7) is 7.76. The SMILES string of the molecule is [B]c1cccc2nc(C(C)O)c(NC(C)(C)C)nc12. The molecule has 1 aromatic heterocycles. The first-order valence-electron chi connectivity index (χ1n) is 6.30. The molecule has 0 aliphatic rings. The van der Waals surface area contributed by atoms with Crippen LogP contribution in [0.25, 0.3) is 11.0 Å². The molecule has 2 radical (unpaired) electrons. The molecule has 0 amide bonds. The summed E-state index contributed by atoms with van der Waals surface area (Å²) in [6, 6.07) is 5.46. The van der Waals surface area contributed by atoms with E-state index >= 15 is 0 Å². The van der Waals surface area contributed by atoms with Crippen molar-refractivity contribution >= 4 is 30.2 Å². The second kappa shape index (κ2) is 4.81. The number of aromatic nitrogens is 2. The molecule has 2 N–H and O–H groups in total. The molecule has 1 unspecified atom stereocenters. The fourth-order valence-electron chi connectivity index (χ4n) is 1.85. The van der Waals surface area contributed by atoms with Crippen molar-refractivity contribution in [2.45, 2.75) is 39.3 Å². The first-order valence-corrected chi connectivity index (χ1v) is 6.30. The topological polar surface area (TPSA) is 58.0 Å². The molecule has 0 saturated carbocycles. The highest BCUT2D eigenvalue weighted by Gasteiger charge is 2.18. The van der Waals surface area contributed by atoms with E-state index in [0.29, 0.717) is 28.0 Å². The fourth-order valence-corrected chi connectivity index (χ4v) is 1.85. The lowest BCUT2D eigenvalue weighted by molar-refractivity contribution is 0.195. The van der Waals surface area contributed by atoms with Crippen LogP contribution in [0.3, 0.4) is 0 Å². The Labute approximate surface area is 114 Å². The average Bonchev–Trinajstić information content (AvgIpc) is 2.27. The second-order valence-electron chi connectivity index (χ2n) is 5.72. The molecule has 1 heterocycles. The number of aliphatic hydroxyl groups is 1. The molecule has 0 fully saturated rings. The van der Waals surface area contributed by atoms with Gasteiger partial charge in [-0.15, -0.1) is 0 Å². The molecule has 0 spiro atoms. The normalized spacial score (nSPS) is 13.5. The molecule has 98 valence electrons. The molecular weight excluding hydrogens is 237 g/mol. The van der Waals surface area contributed by atoms with Crippen molar-refractivity contribution in [3.8, 4) is 0 Å². The Morgan fingerprint density at radius 3 is 2.53 bits per heavy atom. The summed E-state index contributed by atoms with van der Waals surface area (Å²) in [5, 5.41) is 13.1. The van der Waals surface area contributed by atoms with Crippen molar-refractivity contribution in [1.29, 1.82) is 0 Å². The van der Waals surface area contributed by atoms with Gasteiger partial charge in [0.2, 0.25) is 0 Å². The van der Waals surface area contributed by atoms with E-state index in [1.165, 1.54) is 0 Å². The van der Waals surface area contributed by atoms with Crippen LogP contribution < -0.4 is 10.8 Å². The third-order valence-corrected chi connectivity index (χ3v) is 2.64. The van der Waals surface area contributed by atoms with Crippen LogP contribution in [0.4, 0.5) is 5.82 Å². The van der Waals surface area contributed by atoms with E-state index in [1.807, 2.05) is 32.9 Å². The van der Waals surface area contributed by atoms with Gasteiger partial charge in [-0.1, -0.05) is 17.6 Å². The van der Waals surface area contributed by atoms with Crippen molar-refractivity contribution in [3.05, 3.63) is 23.9 Å². The molecule has 2 rings (SSSR count). The van der Waals surface area contributed by atoms with Gasteiger partial charge in [0.1, 0.15) is 13.5 Å². The Bertz CT molecular complexity index is 605. The van der Waals surface area contributed by atoms with Crippen LogP contribution in [0.15, 0.2) is 18.2 Å². The number of fused-ring (bicyclic) bond motifs is 1. The predicted octanol–water partition coefficient (Wildman–Crippen LogP) is 1.69. The molecule has 0 saturated heterocycles. The van der Waals surface area contributed by atoms with Crippen molar-refractivity contribution in [2.75, 3.05) is 5.32 Å². The third-order valence-electron chi connectivity index (χ3n) is 2.64. The highest BCUT2D eigenvalue weighted by Crippen LogP contribution is 2.24. The van der Waals surface area contributed by atoms with E-state index in [9.17, 15) is 5.11 Å². The average molecular weight is 255 g/mol. The molecule has 0 bridgehead atoms. The van der Waals surface area contributed by atoms with Crippen molar-refractivity contribution in [2.24, 2.45) is 0 Å². The zero-order chi connectivity index (χ0) is 14.2. The minimum Gasteiger partial charge on any atom is -0.387 e. The number of para-hydroxylation sites is 1. The van der Waals surface area contributed by atoms with Crippen LogP contribution in [-0.4, -0.2) is 28.5 Å². The molecular formula is C14H18BN3O. The van der Waals surface area contributed by atoms with Gasteiger partial charge in [-0.05, 0) is 33.8 Å². The van der Waals surface area contributed by atoms with Gasteiger partial charge in [-0.3, -0.25) is 0 Å². The quantitative estimate of drug-likeness (QED) is 0.802. The largest absolute Gasteiger partial charge is 0.387 e. The smallest absolute Gasteiger partial charge is 0.151 e. The Balaban J connectivity index is 2.65. The van der Waals surface area contributed by atoms with Crippen molar-refractivity contribution in [1.82, 2.24) is 9.97 Å². The minimum absolute atomic E-state index is 0.171. The zero-order valence-corrected chi connectivity index (χ0v) is 11.7. The molecule has 5 heteroatoms. The van der Waals surface area contributed by atoms with Crippen molar-refractivity contribution < 1.29 is 5.11 Å². The first kappa shape index (κ1) is 13.8. The summed E-state index contributed by atoms with van der Waals surface area (Å²) in [5.41, 5.74) is 2.29. The van der Waals surface area contributed by atoms with Gasteiger partial charge in [0.15, 0.2) is 5.82 Å². The maximum atomic E-state index is 9.86. The van der Waals surface area contributed by atoms with E-state index in [-0.39, 0.29) is 5.54 Å². The summed E-state index contributed by atoms with van der Waals surface area (Å²) in [4.78, 5) is 8.99. The molecule has 0 aliphatic carbocycles. The monoisotopic (exact) mass is 255 g/mol. The van der Waals surface area contributed by atoms with Crippen LogP contribution in [0, 0.1) is 0 Å². The van der Waals surface area contributed by atoms with Crippen LogP contribution in [-0.2, 0) is 0 Å². The van der Waals surface area contributed by atoms with Crippen LogP contribution in [0.2, 0.25) is 0 Å². The molecule has 4 nitrogen and oxygen atoms in total. The van der Waals surface area contributed by atoms with E-state index in [0.717, 1.165) is 0 Å². The first-order chi connectivity index (χ1) is 8.78. The highest BCUT2D eigenvalue weighted by atomic mass is 16.3. The number of anilines is 1. The number of hydrogen-bond acceptors (Lipinski definition) is 4. The summed E-state index contributed by atoms with van der Waals surface area (Å²) in [5.74, 6) is 0.577. The van der Waals surface area contributed by atoms with E-state index in [1.54, 1.807) is 13.0 Å². The van der Waals surface area contributed by atoms with Gasteiger partial charge in [0, 0.05) is 5.54 Å². The van der Waals surface area contributed by atoms with E-state index < -0.39 is 6.10 Å². The molecule has 19 heavy (non-hydrogen) atoms. The van der Waals surface area contributed by atoms with Gasteiger partial charge in [-0.25, -0.2) is 9.97 Å². The van der Waals surface area contributed by atoms with Crippen LogP contribution >= 0.6 is 0 Å². The number of nitrogens with one attached hydrogen (secondary N) is 1. The lowest BCUT2D eigenvalue weighted by Crippen LogP contribution is -2.28. The molecule has 1 atom stereocenters. The summed E-state index contributed by atoms with van der Waals surface area (Å²) >= 11 is 0. The number of hydrogen-bond donors (Lipinski definition) is 2. The number of rotatable bonds is 2. The van der Waals surface area contributed by atoms with Crippen LogP contribution in [0.1, 0.15) is 39.5 Å². The van der Waals surface area contributed by atoms with E-state index in [4.69, 9.17) is 7.85 Å². The third kappa shape index (κ3) is 3.04. The Morgan fingerprint density at radius 1 is 1.26 bits per heavy atom. The fraction of sp³-hybridized carbons (Fsp3) is 0.429. The standard InChI is InChI=1S/C14H18BN3O/c1-8(19)11-13(18-14(2,3)4)17-12-9(15)6-5-7-10(12)16-11/h5-8,19H,1-4H3,(H,17,18). The van der Waals surface area contributed by atoms with Gasteiger partial charge in [0.25, 0.3) is 0 Å². The molecule has 2 aromatic rings. The number of aliphatic hydroxyl groups excluding tert-OH is 1. The van der Waals surface area contributed by atoms with Gasteiger partial charge in [-0.2, -0.15) is 0 Å². The zero-order valence-electron chi connectivity index (χ0n) is 11.7. The van der Waals surface area contributed by atoms with Gasteiger partial charge < -0.3 is 10.4 Å². The lowest BCUT2D eigenvalue weighted by Gasteiger charge is -2.24. The second-order valence-corrected chi connectivity index (χ2v) is 5.72. The maximum Gasteiger partial charge on any atom is 0.151 e. The number of benzene rings is 1. The minimum atomic E-state index is -0.691. The summed E-state index contributed by atoms with van der Waals surface area (Å²) in [6.07, 6.45) is -0.691. The van der Waals surface area contributed by atoms with Crippen molar-refractivity contribution in [3.63, 3.8) is 0 Å². The molecule has 0 aliphatic heterocycles. The predicted molar refractivity (Wildman–Crippen MR) is 78.9 cm³/mol. The highest BCUT2D eigenvalue weighted by molar-refractivity contribution is 6.38. The van der Waals surface area contributed by atoms with Gasteiger partial charge >= 0.3 is 0 Å².